The number of alkyl halides is 3. The van der Waals surface area contributed by atoms with Crippen molar-refractivity contribution < 1.29 is 42.2 Å². The molecule has 0 radical (unpaired) electrons. The maximum Gasteiger partial charge on any atom is 0.416 e. The van der Waals surface area contributed by atoms with E-state index in [-0.39, 0.29) is 48.9 Å². The molecule has 6 N–H and O–H groups in total. The second kappa shape index (κ2) is 14.7. The number of carbonyl (C=O) groups is 4. The van der Waals surface area contributed by atoms with Gasteiger partial charge in [-0.25, -0.2) is 29.3 Å². The van der Waals surface area contributed by atoms with Crippen molar-refractivity contribution in [3.05, 3.63) is 88.7 Å². The molecule has 1 aliphatic heterocycles. The van der Waals surface area contributed by atoms with Crippen molar-refractivity contribution >= 4 is 41.4 Å². The Bertz CT molecular complexity index is 2100. The molecule has 4 aromatic rings. The van der Waals surface area contributed by atoms with Crippen molar-refractivity contribution in [1.82, 2.24) is 24.8 Å². The van der Waals surface area contributed by atoms with Crippen molar-refractivity contribution in [1.29, 1.82) is 0 Å². The largest absolute Gasteiger partial charge is 0.465 e. The highest BCUT2D eigenvalue weighted by molar-refractivity contribution is 6.05. The van der Waals surface area contributed by atoms with E-state index in [1.54, 1.807) is 49.6 Å². The Balaban J connectivity index is 1.41. The van der Waals surface area contributed by atoms with Crippen molar-refractivity contribution in [3.8, 4) is 23.2 Å². The van der Waals surface area contributed by atoms with Crippen molar-refractivity contribution in [3.63, 3.8) is 0 Å². The lowest BCUT2D eigenvalue weighted by Gasteiger charge is -2.24. The van der Waals surface area contributed by atoms with E-state index in [4.69, 9.17) is 10.5 Å². The number of hydrogen-bond acceptors (Lipinski definition) is 8. The molecule has 270 valence electrons. The summed E-state index contributed by atoms with van der Waals surface area (Å²) in [4.78, 5) is 59.0. The van der Waals surface area contributed by atoms with E-state index in [9.17, 15) is 37.5 Å². The highest BCUT2D eigenvalue weighted by atomic mass is 19.4. The van der Waals surface area contributed by atoms with Crippen LogP contribution in [0.25, 0.3) is 11.4 Å². The number of alkyl carbamates (subject to hydrolysis) is 1. The topological polar surface area (TPSA) is 194 Å². The first-order valence-electron chi connectivity index (χ1n) is 15.7. The molecule has 0 aliphatic carbocycles. The molecule has 0 atom stereocenters. The van der Waals surface area contributed by atoms with Crippen molar-refractivity contribution in [2.24, 2.45) is 0 Å². The van der Waals surface area contributed by atoms with Gasteiger partial charge in [0.15, 0.2) is 0 Å². The van der Waals surface area contributed by atoms with Crippen LogP contribution in [0.1, 0.15) is 53.5 Å². The number of rotatable bonds is 6. The van der Waals surface area contributed by atoms with Crippen LogP contribution in [0.5, 0.6) is 0 Å². The lowest BCUT2D eigenvalue weighted by Crippen LogP contribution is -2.41. The molecular weight excluding hydrogens is 685 g/mol. The molecule has 0 saturated carbocycles. The zero-order chi connectivity index (χ0) is 37.8. The number of anilines is 3. The number of ether oxygens (including phenoxy) is 1. The fraction of sp³-hybridized carbons (Fsp3) is 0.257. The molecule has 0 unspecified atom stereocenters. The Hall–Kier alpha value is -6.57. The van der Waals surface area contributed by atoms with Crippen molar-refractivity contribution in [2.75, 3.05) is 29.5 Å². The zero-order valence-corrected chi connectivity index (χ0v) is 28.1. The van der Waals surface area contributed by atoms with Crippen LogP contribution in [0.3, 0.4) is 0 Å². The van der Waals surface area contributed by atoms with Crippen LogP contribution in [-0.2, 0) is 23.9 Å². The summed E-state index contributed by atoms with van der Waals surface area (Å²) in [5.74, 6) is 5.17. The molecule has 0 bridgehead atoms. The van der Waals surface area contributed by atoms with E-state index >= 15 is 0 Å². The number of amides is 5. The second-order valence-electron chi connectivity index (χ2n) is 12.4. The minimum absolute atomic E-state index is 0.0740. The van der Waals surface area contributed by atoms with Gasteiger partial charge >= 0.3 is 24.4 Å². The average molecular weight is 719 g/mol. The monoisotopic (exact) mass is 718 g/mol. The molecular formula is C35H33F3N8O6. The molecule has 52 heavy (non-hydrogen) atoms. The fourth-order valence-electron chi connectivity index (χ4n) is 5.26. The standard InChI is InChI=1S/C35H33F3N8O6/c1-34(2,3)52-32(49)40-14-16-45-26-13-15-46(33(50)51)29(47)25(26)18-27(45)28-21(19-41-30(39)44-28)8-7-20-5-4-6-24(17-20)43-31(48)42-23-11-9-22(10-12-23)35(36,37)38/h4-6,9-12,17-19H,13-16H2,1-3H3,(H,40,49)(H,50,51)(H2,39,41,44)(H2,42,43,48). The lowest BCUT2D eigenvalue weighted by atomic mass is 10.1. The van der Waals surface area contributed by atoms with Gasteiger partial charge in [0.2, 0.25) is 5.95 Å². The van der Waals surface area contributed by atoms with Gasteiger partial charge in [-0.3, -0.25) is 4.79 Å². The summed E-state index contributed by atoms with van der Waals surface area (Å²) in [5.41, 5.74) is 6.96. The minimum atomic E-state index is -4.51. The molecule has 2 aromatic heterocycles. The first-order valence-corrected chi connectivity index (χ1v) is 15.7. The van der Waals surface area contributed by atoms with E-state index in [1.807, 2.05) is 0 Å². The number of urea groups is 1. The highest BCUT2D eigenvalue weighted by Gasteiger charge is 2.34. The third kappa shape index (κ3) is 8.96. The van der Waals surface area contributed by atoms with Crippen LogP contribution in [0.4, 0.5) is 44.9 Å². The van der Waals surface area contributed by atoms with Gasteiger partial charge in [-0.2, -0.15) is 13.2 Å². The van der Waals surface area contributed by atoms with Crippen molar-refractivity contribution in [2.45, 2.75) is 45.5 Å². The summed E-state index contributed by atoms with van der Waals surface area (Å²) in [6, 6.07) is 11.3. The summed E-state index contributed by atoms with van der Waals surface area (Å²) in [7, 11) is 0. The van der Waals surface area contributed by atoms with E-state index < -0.39 is 41.5 Å². The van der Waals surface area contributed by atoms with Crippen LogP contribution < -0.4 is 21.7 Å². The average Bonchev–Trinajstić information content (AvgIpc) is 3.42. The maximum absolute atomic E-state index is 13.2. The number of carboxylic acid groups (broad SMARTS) is 1. The number of aromatic nitrogens is 3. The smallest absolute Gasteiger partial charge is 0.416 e. The molecule has 1 aliphatic rings. The number of nitrogen functional groups attached to an aromatic ring is 1. The fourth-order valence-corrected chi connectivity index (χ4v) is 5.26. The Morgan fingerprint density at radius 1 is 1.02 bits per heavy atom. The van der Waals surface area contributed by atoms with E-state index in [0.29, 0.717) is 28.2 Å². The predicted molar refractivity (Wildman–Crippen MR) is 183 cm³/mol. The molecule has 0 spiro atoms. The van der Waals surface area contributed by atoms with E-state index in [2.05, 4.69) is 37.8 Å². The number of carbonyl (C=O) groups excluding carboxylic acids is 3. The summed E-state index contributed by atoms with van der Waals surface area (Å²) in [5, 5.41) is 17.3. The first-order chi connectivity index (χ1) is 24.5. The third-order valence-corrected chi connectivity index (χ3v) is 7.47. The first kappa shape index (κ1) is 36.7. The Kier molecular flexibility index (Phi) is 10.4. The van der Waals surface area contributed by atoms with Crippen LogP contribution in [0.15, 0.2) is 60.8 Å². The quantitative estimate of drug-likeness (QED) is 0.153. The van der Waals surface area contributed by atoms with Crippen LogP contribution in [-0.4, -0.2) is 67.4 Å². The van der Waals surface area contributed by atoms with E-state index in [0.717, 1.165) is 29.2 Å². The van der Waals surface area contributed by atoms with Gasteiger partial charge in [-0.15, -0.1) is 0 Å². The van der Waals surface area contributed by atoms with Gasteiger partial charge in [0.25, 0.3) is 5.91 Å². The summed E-state index contributed by atoms with van der Waals surface area (Å²) in [6.45, 7) is 5.36. The molecule has 2 aromatic carbocycles. The molecule has 5 amide bonds. The van der Waals surface area contributed by atoms with Gasteiger partial charge in [-0.05, 0) is 69.3 Å². The van der Waals surface area contributed by atoms with Gasteiger partial charge in [-0.1, -0.05) is 17.9 Å². The summed E-state index contributed by atoms with van der Waals surface area (Å²) < 4.78 is 45.6. The number of nitrogens with two attached hydrogens (primary N) is 1. The Morgan fingerprint density at radius 3 is 2.40 bits per heavy atom. The number of hydrogen-bond donors (Lipinski definition) is 5. The number of imide groups is 1. The predicted octanol–water partition coefficient (Wildman–Crippen LogP) is 5.79. The van der Waals surface area contributed by atoms with Gasteiger partial charge in [0.05, 0.1) is 22.4 Å². The molecule has 17 heteroatoms. The molecule has 5 rings (SSSR count). The number of nitrogens with one attached hydrogen (secondary N) is 3. The summed E-state index contributed by atoms with van der Waals surface area (Å²) in [6.07, 6.45) is -4.94. The van der Waals surface area contributed by atoms with Gasteiger partial charge in [0.1, 0.15) is 11.3 Å². The SMILES string of the molecule is CC(C)(C)OC(=O)NCCn1c(-c2nc(N)ncc2C#Cc2cccc(NC(=O)Nc3ccc(C(F)(F)F)cc3)c2)cc2c1CCN(C(=O)O)C2=O. The molecule has 0 saturated heterocycles. The minimum Gasteiger partial charge on any atom is -0.465 e. The van der Waals surface area contributed by atoms with Gasteiger partial charge < -0.3 is 36.1 Å². The molecule has 14 nitrogen and oxygen atoms in total. The third-order valence-electron chi connectivity index (χ3n) is 7.47. The van der Waals surface area contributed by atoms with E-state index in [1.165, 1.54) is 12.3 Å². The molecule has 0 fully saturated rings. The normalized spacial score (nSPS) is 12.7. The number of benzene rings is 2. The van der Waals surface area contributed by atoms with Gasteiger partial charge in [0, 0.05) is 54.9 Å². The Morgan fingerprint density at radius 2 is 1.73 bits per heavy atom. The second-order valence-corrected chi connectivity index (χ2v) is 12.4. The van der Waals surface area contributed by atoms with Crippen LogP contribution >= 0.6 is 0 Å². The summed E-state index contributed by atoms with van der Waals surface area (Å²) >= 11 is 0. The highest BCUT2D eigenvalue weighted by Crippen LogP contribution is 2.32. The number of halogens is 3. The lowest BCUT2D eigenvalue weighted by molar-refractivity contribution is -0.137. The Labute approximate surface area is 295 Å². The van der Waals surface area contributed by atoms with Crippen LogP contribution in [0, 0.1) is 11.8 Å². The molecule has 3 heterocycles. The van der Waals surface area contributed by atoms with Crippen LogP contribution in [0.2, 0.25) is 0 Å². The zero-order valence-electron chi connectivity index (χ0n) is 28.1. The maximum atomic E-state index is 13.2. The number of nitrogens with zero attached hydrogens (tertiary/aromatic N) is 4. The number of fused-ring (bicyclic) bond motifs is 1.